The molecule has 5 heteroatoms. The number of carbonyl (C=O) groups is 1. The van der Waals surface area contributed by atoms with Crippen LogP contribution in [0.25, 0.3) is 0 Å². The lowest BCUT2D eigenvalue weighted by Crippen LogP contribution is -2.39. The highest BCUT2D eigenvalue weighted by Gasteiger charge is 2.26. The number of aryl methyl sites for hydroxylation is 2. The molecule has 2 N–H and O–H groups in total. The molecule has 100 valence electrons. The Bertz CT molecular complexity index is 429. The Labute approximate surface area is 108 Å². The van der Waals surface area contributed by atoms with E-state index in [0.29, 0.717) is 6.54 Å². The van der Waals surface area contributed by atoms with Gasteiger partial charge in [0, 0.05) is 25.4 Å². The van der Waals surface area contributed by atoms with Crippen LogP contribution in [0.4, 0.5) is 5.82 Å². The van der Waals surface area contributed by atoms with Gasteiger partial charge >= 0.3 is 0 Å². The summed E-state index contributed by atoms with van der Waals surface area (Å²) in [7, 11) is 1.65. The molecule has 0 spiro atoms. The van der Waals surface area contributed by atoms with Crippen LogP contribution in [0.1, 0.15) is 32.3 Å². The molecule has 0 bridgehead atoms. The van der Waals surface area contributed by atoms with E-state index in [4.69, 9.17) is 0 Å². The van der Waals surface area contributed by atoms with Crippen molar-refractivity contribution in [3.05, 3.63) is 17.6 Å². The molecule has 0 aromatic carbocycles. The summed E-state index contributed by atoms with van der Waals surface area (Å²) in [5.41, 5.74) is 0.530. The van der Waals surface area contributed by atoms with E-state index < -0.39 is 5.41 Å². The molecule has 1 amide bonds. The second-order valence-corrected chi connectivity index (χ2v) is 4.96. The molecule has 0 fully saturated rings. The lowest BCUT2D eigenvalue weighted by atomic mass is 9.92. The van der Waals surface area contributed by atoms with Gasteiger partial charge in [-0.2, -0.15) is 0 Å². The Kier molecular flexibility index (Phi) is 4.64. The van der Waals surface area contributed by atoms with Crippen molar-refractivity contribution in [3.8, 4) is 0 Å². The highest BCUT2D eigenvalue weighted by Crippen LogP contribution is 2.16. The molecule has 0 atom stereocenters. The van der Waals surface area contributed by atoms with Gasteiger partial charge in [0.05, 0.1) is 5.41 Å². The summed E-state index contributed by atoms with van der Waals surface area (Å²) in [4.78, 5) is 20.3. The minimum atomic E-state index is -0.472. The first-order valence-corrected chi connectivity index (χ1v) is 6.19. The first kappa shape index (κ1) is 14.4. The summed E-state index contributed by atoms with van der Waals surface area (Å²) >= 11 is 0. The van der Waals surface area contributed by atoms with E-state index in [0.717, 1.165) is 23.8 Å². The predicted octanol–water partition coefficient (Wildman–Crippen LogP) is 1.53. The van der Waals surface area contributed by atoms with Gasteiger partial charge in [-0.1, -0.05) is 6.92 Å². The van der Waals surface area contributed by atoms with E-state index in [9.17, 15) is 4.79 Å². The largest absolute Gasteiger partial charge is 0.369 e. The van der Waals surface area contributed by atoms with Crippen LogP contribution in [0.3, 0.4) is 0 Å². The molecule has 18 heavy (non-hydrogen) atoms. The fourth-order valence-corrected chi connectivity index (χ4v) is 1.63. The van der Waals surface area contributed by atoms with Crippen LogP contribution >= 0.6 is 0 Å². The maximum Gasteiger partial charge on any atom is 0.227 e. The van der Waals surface area contributed by atoms with E-state index in [-0.39, 0.29) is 5.91 Å². The number of aromatic nitrogens is 2. The number of nitrogens with zero attached hydrogens (tertiary/aromatic N) is 2. The van der Waals surface area contributed by atoms with E-state index in [1.54, 1.807) is 7.05 Å². The lowest BCUT2D eigenvalue weighted by Gasteiger charge is -2.23. The Morgan fingerprint density at radius 3 is 2.61 bits per heavy atom. The first-order valence-electron chi connectivity index (χ1n) is 6.19. The molecular weight excluding hydrogens is 228 g/mol. The molecule has 0 radical (unpaired) electrons. The molecule has 1 aromatic rings. The molecule has 0 aliphatic carbocycles. The summed E-state index contributed by atoms with van der Waals surface area (Å²) in [6, 6.07) is 1.92. The zero-order valence-electron chi connectivity index (χ0n) is 11.8. The quantitative estimate of drug-likeness (QED) is 0.831. The third-order valence-electron chi connectivity index (χ3n) is 2.81. The Hall–Kier alpha value is -1.65. The highest BCUT2D eigenvalue weighted by molar-refractivity contribution is 5.82. The number of amides is 1. The summed E-state index contributed by atoms with van der Waals surface area (Å²) in [5.74, 6) is 1.53. The minimum absolute atomic E-state index is 0.0106. The maximum atomic E-state index is 11.7. The van der Waals surface area contributed by atoms with Gasteiger partial charge in [-0.15, -0.1) is 0 Å². The number of anilines is 1. The van der Waals surface area contributed by atoms with Crippen molar-refractivity contribution in [1.29, 1.82) is 0 Å². The van der Waals surface area contributed by atoms with Gasteiger partial charge < -0.3 is 10.6 Å². The van der Waals surface area contributed by atoms with Crippen LogP contribution in [0.2, 0.25) is 0 Å². The van der Waals surface area contributed by atoms with Crippen LogP contribution < -0.4 is 10.6 Å². The van der Waals surface area contributed by atoms with E-state index in [2.05, 4.69) is 27.5 Å². The molecule has 0 saturated carbocycles. The van der Waals surface area contributed by atoms with Crippen LogP contribution in [0, 0.1) is 12.3 Å². The Balaban J connectivity index is 2.74. The molecule has 5 nitrogen and oxygen atoms in total. The number of hydrogen-bond donors (Lipinski definition) is 2. The molecule has 0 aliphatic rings. The molecule has 1 heterocycles. The Morgan fingerprint density at radius 2 is 2.06 bits per heavy atom. The van der Waals surface area contributed by atoms with Gasteiger partial charge in [0.1, 0.15) is 11.6 Å². The normalized spacial score (nSPS) is 11.2. The van der Waals surface area contributed by atoms with Gasteiger partial charge in [-0.3, -0.25) is 4.79 Å². The van der Waals surface area contributed by atoms with Crippen molar-refractivity contribution in [3.63, 3.8) is 0 Å². The van der Waals surface area contributed by atoms with Crippen molar-refractivity contribution in [2.75, 3.05) is 18.9 Å². The average Bonchev–Trinajstić information content (AvgIpc) is 2.34. The summed E-state index contributed by atoms with van der Waals surface area (Å²) < 4.78 is 0. The monoisotopic (exact) mass is 250 g/mol. The maximum absolute atomic E-state index is 11.7. The number of hydrogen-bond acceptors (Lipinski definition) is 4. The summed E-state index contributed by atoms with van der Waals surface area (Å²) in [5, 5.41) is 5.87. The van der Waals surface area contributed by atoms with Gasteiger partial charge in [0.15, 0.2) is 0 Å². The van der Waals surface area contributed by atoms with Gasteiger partial charge in [-0.25, -0.2) is 9.97 Å². The molecule has 1 rings (SSSR count). The zero-order valence-corrected chi connectivity index (χ0v) is 11.8. The van der Waals surface area contributed by atoms with E-state index in [1.165, 1.54) is 0 Å². The van der Waals surface area contributed by atoms with Crippen LogP contribution in [0.5, 0.6) is 0 Å². The highest BCUT2D eigenvalue weighted by atomic mass is 16.2. The number of carbonyl (C=O) groups excluding carboxylic acids is 1. The topological polar surface area (TPSA) is 66.9 Å². The van der Waals surface area contributed by atoms with Crippen LogP contribution in [-0.4, -0.2) is 29.5 Å². The van der Waals surface area contributed by atoms with Gasteiger partial charge in [0.2, 0.25) is 5.91 Å². The lowest BCUT2D eigenvalue weighted by molar-refractivity contribution is -0.128. The smallest absolute Gasteiger partial charge is 0.227 e. The third kappa shape index (κ3) is 3.68. The number of nitrogens with one attached hydrogen (secondary N) is 2. The van der Waals surface area contributed by atoms with Gasteiger partial charge in [-0.05, 0) is 27.2 Å². The van der Waals surface area contributed by atoms with Crippen molar-refractivity contribution < 1.29 is 4.79 Å². The van der Waals surface area contributed by atoms with Gasteiger partial charge in [0.25, 0.3) is 0 Å². The van der Waals surface area contributed by atoms with Crippen molar-refractivity contribution >= 4 is 11.7 Å². The van der Waals surface area contributed by atoms with Crippen LogP contribution in [0.15, 0.2) is 6.07 Å². The molecule has 1 aromatic heterocycles. The molecular formula is C13H22N4O. The average molecular weight is 250 g/mol. The second-order valence-electron chi connectivity index (χ2n) is 4.96. The van der Waals surface area contributed by atoms with E-state index >= 15 is 0 Å². The zero-order chi connectivity index (χ0) is 13.8. The first-order chi connectivity index (χ1) is 8.39. The Morgan fingerprint density at radius 1 is 1.39 bits per heavy atom. The second kappa shape index (κ2) is 5.80. The van der Waals surface area contributed by atoms with Crippen LogP contribution in [-0.2, 0) is 11.2 Å². The van der Waals surface area contributed by atoms with Crippen molar-refractivity contribution in [1.82, 2.24) is 15.3 Å². The van der Waals surface area contributed by atoms with Crippen molar-refractivity contribution in [2.24, 2.45) is 5.41 Å². The summed E-state index contributed by atoms with van der Waals surface area (Å²) in [6.07, 6.45) is 0.872. The van der Waals surface area contributed by atoms with Crippen molar-refractivity contribution in [2.45, 2.75) is 34.1 Å². The summed E-state index contributed by atoms with van der Waals surface area (Å²) in [6.45, 7) is 8.25. The fourth-order valence-electron chi connectivity index (χ4n) is 1.63. The molecule has 0 aliphatic heterocycles. The number of rotatable bonds is 5. The SMILES string of the molecule is CCc1cc(NCC(C)(C)C(=O)NC)nc(C)n1. The predicted molar refractivity (Wildman–Crippen MR) is 72.5 cm³/mol. The standard InChI is InChI=1S/C13H22N4O/c1-6-10-7-11(17-9(2)16-10)15-8-13(3,4)12(18)14-5/h7H,6,8H2,1-5H3,(H,14,18)(H,15,16,17). The fraction of sp³-hybridized carbons (Fsp3) is 0.615. The van der Waals surface area contributed by atoms with E-state index in [1.807, 2.05) is 26.8 Å². The minimum Gasteiger partial charge on any atom is -0.369 e. The molecule has 0 saturated heterocycles. The molecule has 0 unspecified atom stereocenters. The third-order valence-corrected chi connectivity index (χ3v) is 2.81.